The highest BCUT2D eigenvalue weighted by atomic mass is 32.3. The van der Waals surface area contributed by atoms with E-state index in [1.807, 2.05) is 109 Å². The van der Waals surface area contributed by atoms with Crippen LogP contribution in [-0.4, -0.2) is 107 Å². The van der Waals surface area contributed by atoms with Crippen LogP contribution >= 0.6 is 35.3 Å². The molecule has 0 heterocycles. The maximum Gasteiger partial charge on any atom is 0.394 e. The Morgan fingerprint density at radius 1 is 0.400 bits per heavy atom. The molecule has 8 aromatic rings. The van der Waals surface area contributed by atoms with Gasteiger partial charge in [-0.3, -0.25) is 32.2 Å². The lowest BCUT2D eigenvalue weighted by molar-refractivity contribution is -0.635. The van der Waals surface area contributed by atoms with Gasteiger partial charge in [0.2, 0.25) is 0 Å². The molecule has 8 rings (SSSR count). The molecule has 7 unspecified atom stereocenters. The zero-order chi connectivity index (χ0) is 62.6. The lowest BCUT2D eigenvalue weighted by Crippen LogP contribution is -2.06. The van der Waals surface area contributed by atoms with Crippen molar-refractivity contribution in [3.8, 4) is 0 Å². The summed E-state index contributed by atoms with van der Waals surface area (Å²) in [7, 11) is -7.01. The summed E-state index contributed by atoms with van der Waals surface area (Å²) in [6.45, 7) is 0. The fourth-order valence-corrected chi connectivity index (χ4v) is 11.6. The predicted octanol–water partition coefficient (Wildman–Crippen LogP) is 9.42. The van der Waals surface area contributed by atoms with Gasteiger partial charge < -0.3 is 39.9 Å². The van der Waals surface area contributed by atoms with Gasteiger partial charge in [-0.1, -0.05) is 103 Å². The Kier molecular flexibility index (Phi) is 51.7. The Morgan fingerprint density at radius 2 is 0.600 bits per heavy atom. The highest BCUT2D eigenvalue weighted by Gasteiger charge is 2.19. The normalized spacial score (nSPS) is 12.2. The van der Waals surface area contributed by atoms with E-state index in [9.17, 15) is 12.6 Å². The first kappa shape index (κ1) is 84.9. The number of rotatable bonds is 13. The van der Waals surface area contributed by atoms with Crippen molar-refractivity contribution in [1.82, 2.24) is 6.15 Å². The molecule has 19 nitrogen and oxygen atoms in total. The van der Waals surface area contributed by atoms with E-state index in [1.54, 1.807) is 54.1 Å². The Labute approximate surface area is 529 Å². The first-order chi connectivity index (χ1) is 39.5. The molecule has 0 aliphatic heterocycles. The Hall–Kier alpha value is -4.27. The average Bonchev–Trinajstić information content (AvgIpc) is 3.60. The van der Waals surface area contributed by atoms with Gasteiger partial charge in [0.05, 0.1) is 44.5 Å². The molecule has 30 heteroatoms. The third-order valence-corrected chi connectivity index (χ3v) is 18.9. The number of hydrogen-bond donors (Lipinski definition) is 5. The second kappa shape index (κ2) is 51.7. The standard InChI is InChI=1S/C14H15OS2.C14H15S2.C13H12OS2.C7H8OS.C7H8S.H3N.3H2O4S.H2O2.H2O/c1-16(12-6-4-3-5-7-12)13-8-10-14(11-9-13)17(2)15;1-15-12-8-10-14(11-9-12)16(2)13-6-4-3-5-7-13;1-16(14)13-9-7-12(8-10-13)15-11-5-3-2-4-6-11;1-9(8)7-5-3-2-4-6-7;1-8-7-5-3-2-4-6-7;;1-5(2,3)4;2*1-4-5(2)3;1-2;/h3-11H,1-2H3;3-11H,1-2H3;2-10H,1H3;2-6H,1H3;2-6H,1H3;1H3;(H2,1,2,3,4);2*1H,(H,2,3);1-2H;1H2/q2*+1;;;;;;;;;/p-4. The third kappa shape index (κ3) is 43.1. The molecule has 0 aliphatic rings. The predicted molar refractivity (Wildman–Crippen MR) is 344 cm³/mol. The van der Waals surface area contributed by atoms with Gasteiger partial charge in [-0.15, -0.1) is 23.5 Å². The smallest absolute Gasteiger partial charge is 0.394 e. The van der Waals surface area contributed by atoms with Crippen LogP contribution in [0, 0.1) is 0 Å². The summed E-state index contributed by atoms with van der Waals surface area (Å²) in [6.07, 6.45) is 13.8. The van der Waals surface area contributed by atoms with Gasteiger partial charge in [-0.25, -0.2) is 8.42 Å². The van der Waals surface area contributed by atoms with Crippen molar-refractivity contribution in [3.05, 3.63) is 224 Å². The highest BCUT2D eigenvalue weighted by Crippen LogP contribution is 2.28. The van der Waals surface area contributed by atoms with Crippen molar-refractivity contribution in [2.75, 3.05) is 43.8 Å². The molecule has 0 radical (unpaired) electrons. The van der Waals surface area contributed by atoms with Crippen LogP contribution in [0.25, 0.3) is 0 Å². The van der Waals surface area contributed by atoms with Crippen LogP contribution in [0.4, 0.5) is 0 Å². The van der Waals surface area contributed by atoms with Crippen LogP contribution in [0.1, 0.15) is 0 Å². The molecule has 0 saturated carbocycles. The molecule has 0 aliphatic carbocycles. The van der Waals surface area contributed by atoms with Crippen LogP contribution < -0.4 is 16.7 Å². The molecule has 8 aromatic carbocycles. The molecule has 0 bridgehead atoms. The topological polar surface area (TPSA) is 378 Å². The monoisotopic (exact) mass is 1380 g/mol. The van der Waals surface area contributed by atoms with Crippen molar-refractivity contribution in [3.63, 3.8) is 0 Å². The summed E-state index contributed by atoms with van der Waals surface area (Å²) in [6, 6.07) is 75.9. The minimum Gasteiger partial charge on any atom is -0.750 e. The molecule has 468 valence electrons. The minimum absolute atomic E-state index is 0. The van der Waals surface area contributed by atoms with Gasteiger partial charge in [-0.2, -0.15) is 8.42 Å². The van der Waals surface area contributed by atoms with Gasteiger partial charge in [0.1, 0.15) is 12.5 Å². The Balaban J connectivity index is -0.000000936. The molecule has 0 fully saturated rings. The summed E-state index contributed by atoms with van der Waals surface area (Å²) < 4.78 is 105. The maximum absolute atomic E-state index is 11.3. The SMILES string of the molecule is CS(=O)c1ccc(Sc2ccccc2)cc1.CS(=O)c1ccc([S+](C)c2ccccc2)cc1.CS(=O)c1ccccc1.CSc1ccc([S+](C)c2ccccc2)cc1.CSc1ccccc1.N.O.O=S(=O)(O)O.O=S([O-])O[O-].O=S([O-])O[O-].OO. The van der Waals surface area contributed by atoms with Crippen LogP contribution in [0.3, 0.4) is 0 Å². The second-order valence-electron chi connectivity index (χ2n) is 14.9. The third-order valence-electron chi connectivity index (χ3n) is 9.42. The molecule has 0 spiro atoms. The Bertz CT molecular complexity index is 3130. The molecule has 9 N–H and O–H groups in total. The van der Waals surface area contributed by atoms with Crippen LogP contribution in [-0.2, 0) is 96.0 Å². The van der Waals surface area contributed by atoms with Crippen LogP contribution in [0.2, 0.25) is 0 Å². The van der Waals surface area contributed by atoms with E-state index in [0.29, 0.717) is 0 Å². The van der Waals surface area contributed by atoms with E-state index in [2.05, 4.69) is 149 Å². The summed E-state index contributed by atoms with van der Waals surface area (Å²) in [5, 5.41) is 29.0. The zero-order valence-corrected chi connectivity index (χ0v) is 55.6. The molecular formula is C55H67NO18S11-2. The minimum atomic E-state index is -4.67. The van der Waals surface area contributed by atoms with Crippen molar-refractivity contribution >= 4 is 123 Å². The van der Waals surface area contributed by atoms with Gasteiger partial charge in [0.25, 0.3) is 0 Å². The average molecular weight is 1380 g/mol. The molecule has 0 aromatic heterocycles. The van der Waals surface area contributed by atoms with Crippen LogP contribution in [0.5, 0.6) is 0 Å². The van der Waals surface area contributed by atoms with Crippen molar-refractivity contribution in [2.24, 2.45) is 0 Å². The van der Waals surface area contributed by atoms with Crippen LogP contribution in [0.15, 0.2) is 278 Å². The molecule has 7 atom stereocenters. The summed E-state index contributed by atoms with van der Waals surface area (Å²) in [4.78, 5) is 13.1. The number of benzene rings is 8. The second-order valence-corrected chi connectivity index (χ2v) is 27.8. The summed E-state index contributed by atoms with van der Waals surface area (Å²) >= 11 is -0.490. The van der Waals surface area contributed by atoms with E-state index >= 15 is 0 Å². The van der Waals surface area contributed by atoms with E-state index in [1.165, 1.54) is 39.2 Å². The number of thioether (sulfide) groups is 2. The van der Waals surface area contributed by atoms with E-state index in [0.717, 1.165) is 14.7 Å². The highest BCUT2D eigenvalue weighted by molar-refractivity contribution is 7.99. The molecule has 0 amide bonds. The van der Waals surface area contributed by atoms with Crippen molar-refractivity contribution in [1.29, 1.82) is 0 Å². The maximum atomic E-state index is 11.3. The van der Waals surface area contributed by atoms with Gasteiger partial charge >= 0.3 is 10.4 Å². The van der Waals surface area contributed by atoms with Crippen molar-refractivity contribution in [2.45, 2.75) is 53.9 Å². The Morgan fingerprint density at radius 3 is 0.859 bits per heavy atom. The number of hydrogen-bond acceptors (Lipinski definition) is 19. The quantitative estimate of drug-likeness (QED) is 0.0179. The van der Waals surface area contributed by atoms with Gasteiger partial charge in [0, 0.05) is 85.4 Å². The summed E-state index contributed by atoms with van der Waals surface area (Å²) in [5.74, 6) is 0. The van der Waals surface area contributed by atoms with E-state index in [4.69, 9.17) is 56.1 Å². The molecular weight excluding hydrogens is 1320 g/mol. The summed E-state index contributed by atoms with van der Waals surface area (Å²) in [5.41, 5.74) is 0. The lowest BCUT2D eigenvalue weighted by Gasteiger charge is -2.05. The molecule has 0 saturated heterocycles. The van der Waals surface area contributed by atoms with E-state index in [-0.39, 0.29) is 33.4 Å². The molecule has 85 heavy (non-hydrogen) atoms. The largest absolute Gasteiger partial charge is 0.750 e. The lowest BCUT2D eigenvalue weighted by atomic mass is 10.4. The van der Waals surface area contributed by atoms with E-state index < -0.39 is 65.5 Å². The van der Waals surface area contributed by atoms with Gasteiger partial charge in [0.15, 0.2) is 19.6 Å². The fourth-order valence-electron chi connectivity index (χ4n) is 5.63. The van der Waals surface area contributed by atoms with Gasteiger partial charge in [-0.05, 0) is 146 Å². The van der Waals surface area contributed by atoms with Crippen molar-refractivity contribution < 1.29 is 82.8 Å². The fraction of sp³-hybridized carbons (Fsp3) is 0.127. The first-order valence-corrected chi connectivity index (χ1v) is 37.5. The zero-order valence-electron chi connectivity index (χ0n) is 46.7. The first-order valence-electron chi connectivity index (χ1n) is 22.9.